The highest BCUT2D eigenvalue weighted by atomic mass is 16.7. The van der Waals surface area contributed by atoms with Crippen LogP contribution >= 0.6 is 0 Å². The first kappa shape index (κ1) is 17.5. The second-order valence-corrected chi connectivity index (χ2v) is 7.27. The summed E-state index contributed by atoms with van der Waals surface area (Å²) in [5, 5.41) is 9.33. The molecule has 25 heavy (non-hydrogen) atoms. The maximum Gasteiger partial charge on any atom is 0.495 e. The van der Waals surface area contributed by atoms with Crippen LogP contribution in [0.25, 0.3) is 0 Å². The zero-order chi connectivity index (χ0) is 18.1. The van der Waals surface area contributed by atoms with Gasteiger partial charge in [0.25, 0.3) is 0 Å². The molecule has 0 aromatic heterocycles. The minimum Gasteiger partial charge on any atom is -0.489 e. The minimum absolute atomic E-state index is 0.425. The molecule has 1 saturated heterocycles. The van der Waals surface area contributed by atoms with E-state index in [1.807, 2.05) is 64.1 Å². The molecular weight excluding hydrogens is 313 g/mol. The lowest BCUT2D eigenvalue weighted by molar-refractivity contribution is 0.00578. The van der Waals surface area contributed by atoms with Crippen molar-refractivity contribution in [2.45, 2.75) is 45.5 Å². The van der Waals surface area contributed by atoms with Crippen LogP contribution in [0, 0.1) is 11.3 Å². The van der Waals surface area contributed by atoms with Crippen molar-refractivity contribution in [3.8, 4) is 11.8 Å². The van der Waals surface area contributed by atoms with E-state index in [-0.39, 0.29) is 0 Å². The fourth-order valence-corrected chi connectivity index (χ4v) is 2.63. The van der Waals surface area contributed by atoms with Crippen LogP contribution in [0.5, 0.6) is 5.75 Å². The molecule has 0 amide bonds. The highest BCUT2D eigenvalue weighted by Gasteiger charge is 2.51. The van der Waals surface area contributed by atoms with Gasteiger partial charge in [-0.3, -0.25) is 0 Å². The maximum absolute atomic E-state index is 9.33. The van der Waals surface area contributed by atoms with Gasteiger partial charge >= 0.3 is 7.12 Å². The standard InChI is InChI=1S/C20H22BNO3/c1-19(2)20(3,4)25-21(24-19)17-10-16(13-22)11-18(12-17)23-14-15-8-6-5-7-9-15/h5-12H,14H2,1-4H3. The van der Waals surface area contributed by atoms with Gasteiger partial charge in [-0.05, 0) is 56.9 Å². The average Bonchev–Trinajstić information content (AvgIpc) is 2.81. The molecule has 0 N–H and O–H groups in total. The highest BCUT2D eigenvalue weighted by molar-refractivity contribution is 6.62. The Bertz CT molecular complexity index is 780. The Hall–Kier alpha value is -2.29. The van der Waals surface area contributed by atoms with Crippen molar-refractivity contribution in [1.29, 1.82) is 5.26 Å². The molecule has 0 atom stereocenters. The molecule has 1 heterocycles. The first-order valence-corrected chi connectivity index (χ1v) is 8.38. The lowest BCUT2D eigenvalue weighted by Gasteiger charge is -2.32. The third kappa shape index (κ3) is 3.71. The normalized spacial score (nSPS) is 18.0. The van der Waals surface area contributed by atoms with Crippen molar-refractivity contribution < 1.29 is 14.0 Å². The molecule has 4 nitrogen and oxygen atoms in total. The average molecular weight is 335 g/mol. The summed E-state index contributed by atoms with van der Waals surface area (Å²) in [6.07, 6.45) is 0. The van der Waals surface area contributed by atoms with Crippen molar-refractivity contribution >= 4 is 12.6 Å². The van der Waals surface area contributed by atoms with E-state index in [1.165, 1.54) is 0 Å². The lowest BCUT2D eigenvalue weighted by Crippen LogP contribution is -2.41. The lowest BCUT2D eigenvalue weighted by atomic mass is 9.78. The van der Waals surface area contributed by atoms with E-state index in [2.05, 4.69) is 6.07 Å². The number of ether oxygens (including phenoxy) is 1. The molecule has 0 unspecified atom stereocenters. The molecule has 2 aromatic carbocycles. The van der Waals surface area contributed by atoms with E-state index in [9.17, 15) is 5.26 Å². The number of benzene rings is 2. The van der Waals surface area contributed by atoms with Gasteiger partial charge in [-0.25, -0.2) is 0 Å². The summed E-state index contributed by atoms with van der Waals surface area (Å²) >= 11 is 0. The largest absolute Gasteiger partial charge is 0.495 e. The van der Waals surface area contributed by atoms with Gasteiger partial charge < -0.3 is 14.0 Å². The summed E-state index contributed by atoms with van der Waals surface area (Å²) in [6, 6.07) is 17.5. The number of rotatable bonds is 4. The molecule has 2 aromatic rings. The molecule has 5 heteroatoms. The van der Waals surface area contributed by atoms with Crippen molar-refractivity contribution in [1.82, 2.24) is 0 Å². The van der Waals surface area contributed by atoms with Crippen LogP contribution in [0.4, 0.5) is 0 Å². The summed E-state index contributed by atoms with van der Waals surface area (Å²) in [6.45, 7) is 8.47. The summed E-state index contributed by atoms with van der Waals surface area (Å²) in [4.78, 5) is 0. The van der Waals surface area contributed by atoms with Crippen LogP contribution in [0.15, 0.2) is 48.5 Å². The first-order valence-electron chi connectivity index (χ1n) is 8.38. The fourth-order valence-electron chi connectivity index (χ4n) is 2.63. The van der Waals surface area contributed by atoms with Crippen LogP contribution in [-0.2, 0) is 15.9 Å². The smallest absolute Gasteiger partial charge is 0.489 e. The minimum atomic E-state index is -0.516. The SMILES string of the molecule is CC1(C)OB(c2cc(C#N)cc(OCc3ccccc3)c2)OC1(C)C. The van der Waals surface area contributed by atoms with Gasteiger partial charge in [-0.2, -0.15) is 5.26 Å². The molecule has 128 valence electrons. The number of hydrogen-bond donors (Lipinski definition) is 0. The van der Waals surface area contributed by atoms with Crippen molar-refractivity contribution in [3.63, 3.8) is 0 Å². The summed E-state index contributed by atoms with van der Waals surface area (Å²) < 4.78 is 18.0. The molecule has 1 aliphatic rings. The predicted octanol–water partition coefficient (Wildman–Crippen LogP) is 3.44. The van der Waals surface area contributed by atoms with E-state index in [4.69, 9.17) is 14.0 Å². The van der Waals surface area contributed by atoms with Gasteiger partial charge in [0.05, 0.1) is 22.8 Å². The molecule has 1 aliphatic heterocycles. The molecule has 0 saturated carbocycles. The molecule has 0 radical (unpaired) electrons. The molecule has 3 rings (SSSR count). The van der Waals surface area contributed by atoms with Crippen LogP contribution < -0.4 is 10.2 Å². The summed E-state index contributed by atoms with van der Waals surface area (Å²) in [7, 11) is -0.516. The van der Waals surface area contributed by atoms with Crippen molar-refractivity contribution in [2.24, 2.45) is 0 Å². The van der Waals surface area contributed by atoms with Crippen LogP contribution in [0.2, 0.25) is 0 Å². The maximum atomic E-state index is 9.33. The molecule has 0 bridgehead atoms. The summed E-state index contributed by atoms with van der Waals surface area (Å²) in [5.41, 5.74) is 1.54. The first-order chi connectivity index (χ1) is 11.8. The zero-order valence-electron chi connectivity index (χ0n) is 15.1. The topological polar surface area (TPSA) is 51.5 Å². The number of nitrogens with zero attached hydrogens (tertiary/aromatic N) is 1. The Morgan fingerprint density at radius 1 is 1.00 bits per heavy atom. The van der Waals surface area contributed by atoms with Gasteiger partial charge in [0.2, 0.25) is 0 Å². The third-order valence-electron chi connectivity index (χ3n) is 4.83. The van der Waals surface area contributed by atoms with E-state index in [1.54, 1.807) is 12.1 Å². The monoisotopic (exact) mass is 335 g/mol. The van der Waals surface area contributed by atoms with E-state index in [0.29, 0.717) is 17.9 Å². The second-order valence-electron chi connectivity index (χ2n) is 7.27. The molecule has 0 aliphatic carbocycles. The van der Waals surface area contributed by atoms with Gasteiger partial charge in [0.1, 0.15) is 12.4 Å². The van der Waals surface area contributed by atoms with E-state index >= 15 is 0 Å². The Balaban J connectivity index is 1.83. The Morgan fingerprint density at radius 3 is 2.24 bits per heavy atom. The van der Waals surface area contributed by atoms with Crippen LogP contribution in [0.3, 0.4) is 0 Å². The van der Waals surface area contributed by atoms with E-state index < -0.39 is 18.3 Å². The number of hydrogen-bond acceptors (Lipinski definition) is 4. The van der Waals surface area contributed by atoms with Crippen LogP contribution in [-0.4, -0.2) is 18.3 Å². The summed E-state index contributed by atoms with van der Waals surface area (Å²) in [5.74, 6) is 0.632. The highest BCUT2D eigenvalue weighted by Crippen LogP contribution is 2.36. The molecule has 0 spiro atoms. The predicted molar refractivity (Wildman–Crippen MR) is 97.6 cm³/mol. The van der Waals surface area contributed by atoms with Crippen molar-refractivity contribution in [3.05, 3.63) is 59.7 Å². The molecule has 1 fully saturated rings. The Morgan fingerprint density at radius 2 is 1.64 bits per heavy atom. The van der Waals surface area contributed by atoms with Gasteiger partial charge in [-0.15, -0.1) is 0 Å². The quantitative estimate of drug-likeness (QED) is 0.803. The molecular formula is C20H22BNO3. The van der Waals surface area contributed by atoms with E-state index in [0.717, 1.165) is 11.0 Å². The zero-order valence-corrected chi connectivity index (χ0v) is 15.1. The van der Waals surface area contributed by atoms with Gasteiger partial charge in [0.15, 0.2) is 0 Å². The fraction of sp³-hybridized carbons (Fsp3) is 0.350. The van der Waals surface area contributed by atoms with Gasteiger partial charge in [-0.1, -0.05) is 30.3 Å². The number of nitriles is 1. The van der Waals surface area contributed by atoms with Crippen LogP contribution in [0.1, 0.15) is 38.8 Å². The Labute approximate surface area is 149 Å². The van der Waals surface area contributed by atoms with Gasteiger partial charge in [0, 0.05) is 0 Å². The van der Waals surface area contributed by atoms with Crippen molar-refractivity contribution in [2.75, 3.05) is 0 Å². The third-order valence-corrected chi connectivity index (χ3v) is 4.83. The Kier molecular flexibility index (Phi) is 4.59. The second kappa shape index (κ2) is 6.55.